The Morgan fingerprint density at radius 2 is 1.78 bits per heavy atom. The van der Waals surface area contributed by atoms with E-state index in [9.17, 15) is 0 Å². The first-order chi connectivity index (χ1) is 15.7. The summed E-state index contributed by atoms with van der Waals surface area (Å²) in [5.41, 5.74) is 5.69. The van der Waals surface area contributed by atoms with Crippen molar-refractivity contribution in [2.75, 3.05) is 14.2 Å². The quantitative estimate of drug-likeness (QED) is 0.398. The normalized spacial score (nSPS) is 11.3. The van der Waals surface area contributed by atoms with Gasteiger partial charge in [0.15, 0.2) is 0 Å². The highest BCUT2D eigenvalue weighted by Gasteiger charge is 2.12. The lowest BCUT2D eigenvalue weighted by Gasteiger charge is -2.17. The van der Waals surface area contributed by atoms with Crippen molar-refractivity contribution in [3.63, 3.8) is 0 Å². The second kappa shape index (κ2) is 8.69. The zero-order chi connectivity index (χ0) is 21.9. The summed E-state index contributed by atoms with van der Waals surface area (Å²) in [4.78, 5) is 2.29. The lowest BCUT2D eigenvalue weighted by Crippen LogP contribution is -2.17. The van der Waals surface area contributed by atoms with Crippen LogP contribution in [-0.4, -0.2) is 39.0 Å². The van der Waals surface area contributed by atoms with E-state index in [1.54, 1.807) is 13.3 Å². The first-order valence-corrected chi connectivity index (χ1v) is 10.6. The van der Waals surface area contributed by atoms with Gasteiger partial charge in [-0.25, -0.2) is 4.68 Å². The zero-order valence-corrected chi connectivity index (χ0v) is 18.2. The van der Waals surface area contributed by atoms with Gasteiger partial charge in [0.25, 0.3) is 0 Å². The van der Waals surface area contributed by atoms with Crippen molar-refractivity contribution >= 4 is 10.8 Å². The monoisotopic (exact) mass is 423 g/mol. The molecule has 0 saturated carbocycles. The highest BCUT2D eigenvalue weighted by atomic mass is 16.5. The summed E-state index contributed by atoms with van der Waals surface area (Å²) in [7, 11) is 3.82. The van der Waals surface area contributed by atoms with Gasteiger partial charge in [-0.2, -0.15) is 10.2 Å². The maximum atomic E-state index is 5.34. The number of benzene rings is 3. The predicted octanol–water partition coefficient (Wildman–Crippen LogP) is 5.06. The highest BCUT2D eigenvalue weighted by Crippen LogP contribution is 2.28. The third kappa shape index (κ3) is 4.13. The van der Waals surface area contributed by atoms with Gasteiger partial charge < -0.3 is 4.74 Å². The second-order valence-electron chi connectivity index (χ2n) is 7.99. The molecule has 0 bridgehead atoms. The van der Waals surface area contributed by atoms with Crippen molar-refractivity contribution < 1.29 is 4.74 Å². The number of nitrogens with zero attached hydrogens (tertiary/aromatic N) is 4. The van der Waals surface area contributed by atoms with Crippen LogP contribution in [0.2, 0.25) is 0 Å². The van der Waals surface area contributed by atoms with E-state index in [2.05, 4.69) is 81.8 Å². The second-order valence-corrected chi connectivity index (χ2v) is 7.99. The molecule has 0 radical (unpaired) electrons. The molecule has 6 nitrogen and oxygen atoms in total. The SMILES string of the molecule is COc1ccc2cc(-c3[nH]ncc3CN(C)Cc3ccc(-n4cccn4)cc3)ccc2c1. The van der Waals surface area contributed by atoms with Gasteiger partial charge in [-0.05, 0) is 59.8 Å². The van der Waals surface area contributed by atoms with Crippen LogP contribution in [0.3, 0.4) is 0 Å². The Morgan fingerprint density at radius 1 is 0.969 bits per heavy atom. The van der Waals surface area contributed by atoms with Crippen molar-refractivity contribution in [1.82, 2.24) is 24.9 Å². The summed E-state index contributed by atoms with van der Waals surface area (Å²) in [5.74, 6) is 0.867. The number of fused-ring (bicyclic) bond motifs is 1. The average molecular weight is 424 g/mol. The number of ether oxygens (including phenoxy) is 1. The Kier molecular flexibility index (Phi) is 5.44. The van der Waals surface area contributed by atoms with Gasteiger partial charge >= 0.3 is 0 Å². The molecular formula is C26H25N5O. The summed E-state index contributed by atoms with van der Waals surface area (Å²) in [5, 5.41) is 14.1. The lowest BCUT2D eigenvalue weighted by atomic mass is 10.0. The molecule has 0 saturated heterocycles. The van der Waals surface area contributed by atoms with E-state index in [0.717, 1.165) is 41.2 Å². The van der Waals surface area contributed by atoms with Gasteiger partial charge in [0.2, 0.25) is 0 Å². The molecule has 6 heteroatoms. The van der Waals surface area contributed by atoms with Gasteiger partial charge in [0.05, 0.1) is 24.7 Å². The van der Waals surface area contributed by atoms with Crippen molar-refractivity contribution in [3.8, 4) is 22.7 Å². The molecule has 0 aliphatic heterocycles. The molecule has 0 atom stereocenters. The van der Waals surface area contributed by atoms with Crippen LogP contribution in [0, 0.1) is 0 Å². The number of methoxy groups -OCH3 is 1. The van der Waals surface area contributed by atoms with Crippen molar-refractivity contribution in [2.45, 2.75) is 13.1 Å². The Labute approximate surface area is 187 Å². The number of hydrogen-bond donors (Lipinski definition) is 1. The van der Waals surface area contributed by atoms with Crippen LogP contribution < -0.4 is 4.74 Å². The Bertz CT molecular complexity index is 1320. The molecule has 0 spiro atoms. The van der Waals surface area contributed by atoms with Crippen LogP contribution in [0.5, 0.6) is 5.75 Å². The molecule has 5 aromatic rings. The number of aromatic nitrogens is 4. The maximum Gasteiger partial charge on any atom is 0.119 e. The first-order valence-electron chi connectivity index (χ1n) is 10.6. The van der Waals surface area contributed by atoms with Crippen LogP contribution in [0.25, 0.3) is 27.7 Å². The lowest BCUT2D eigenvalue weighted by molar-refractivity contribution is 0.319. The number of hydrogen-bond acceptors (Lipinski definition) is 4. The summed E-state index contributed by atoms with van der Waals surface area (Å²) in [6, 6.07) is 23.0. The average Bonchev–Trinajstić information content (AvgIpc) is 3.51. The highest BCUT2D eigenvalue weighted by molar-refractivity contribution is 5.88. The molecule has 2 aromatic heterocycles. The maximum absolute atomic E-state index is 5.34. The summed E-state index contributed by atoms with van der Waals surface area (Å²) in [6.07, 6.45) is 5.66. The smallest absolute Gasteiger partial charge is 0.119 e. The molecule has 3 aromatic carbocycles. The third-order valence-corrected chi connectivity index (χ3v) is 5.65. The van der Waals surface area contributed by atoms with Crippen LogP contribution in [0.4, 0.5) is 0 Å². The molecule has 0 amide bonds. The van der Waals surface area contributed by atoms with E-state index >= 15 is 0 Å². The Morgan fingerprint density at radius 3 is 2.56 bits per heavy atom. The van der Waals surface area contributed by atoms with E-state index in [-0.39, 0.29) is 0 Å². The number of rotatable bonds is 7. The summed E-state index contributed by atoms with van der Waals surface area (Å²) >= 11 is 0. The van der Waals surface area contributed by atoms with Crippen LogP contribution in [0.15, 0.2) is 85.3 Å². The van der Waals surface area contributed by atoms with Gasteiger partial charge in [-0.3, -0.25) is 10.00 Å². The molecule has 32 heavy (non-hydrogen) atoms. The van der Waals surface area contributed by atoms with Gasteiger partial charge in [0, 0.05) is 36.6 Å². The number of nitrogens with one attached hydrogen (secondary N) is 1. The molecule has 2 heterocycles. The van der Waals surface area contributed by atoms with Crippen molar-refractivity contribution in [1.29, 1.82) is 0 Å². The fraction of sp³-hybridized carbons (Fsp3) is 0.154. The molecule has 160 valence electrons. The molecule has 0 aliphatic rings. The predicted molar refractivity (Wildman–Crippen MR) is 127 cm³/mol. The largest absolute Gasteiger partial charge is 0.497 e. The first kappa shape index (κ1) is 20.0. The molecular weight excluding hydrogens is 398 g/mol. The standard InChI is InChI=1S/C26H25N5O/c1-30(17-19-4-9-24(10-5-19)31-13-3-12-28-31)18-23-16-27-29-26(23)22-7-6-21-15-25(32-2)11-8-20(21)14-22/h3-16H,17-18H2,1-2H3,(H,27,29). The molecule has 0 aliphatic carbocycles. The van der Waals surface area contributed by atoms with E-state index in [1.165, 1.54) is 16.5 Å². The minimum absolute atomic E-state index is 0.799. The van der Waals surface area contributed by atoms with Crippen LogP contribution in [-0.2, 0) is 13.1 Å². The molecule has 1 N–H and O–H groups in total. The molecule has 0 unspecified atom stereocenters. The van der Waals surface area contributed by atoms with Crippen molar-refractivity contribution in [2.24, 2.45) is 0 Å². The van der Waals surface area contributed by atoms with Gasteiger partial charge in [-0.1, -0.05) is 30.3 Å². The van der Waals surface area contributed by atoms with Crippen molar-refractivity contribution in [3.05, 3.63) is 96.4 Å². The number of H-pyrrole nitrogens is 1. The van der Waals surface area contributed by atoms with Gasteiger partial charge in [-0.15, -0.1) is 0 Å². The Balaban J connectivity index is 1.31. The van der Waals surface area contributed by atoms with Crippen LogP contribution >= 0.6 is 0 Å². The Hall–Kier alpha value is -3.90. The minimum atomic E-state index is 0.799. The fourth-order valence-corrected chi connectivity index (χ4v) is 4.02. The van der Waals surface area contributed by atoms with E-state index in [1.807, 2.05) is 29.2 Å². The molecule has 5 rings (SSSR count). The van der Waals surface area contributed by atoms with E-state index in [4.69, 9.17) is 4.74 Å². The van der Waals surface area contributed by atoms with Crippen LogP contribution in [0.1, 0.15) is 11.1 Å². The summed E-state index contributed by atoms with van der Waals surface area (Å²) in [6.45, 7) is 1.65. The molecule has 0 fully saturated rings. The van der Waals surface area contributed by atoms with E-state index in [0.29, 0.717) is 0 Å². The van der Waals surface area contributed by atoms with Gasteiger partial charge in [0.1, 0.15) is 5.75 Å². The number of aromatic amines is 1. The topological polar surface area (TPSA) is 59.0 Å². The zero-order valence-electron chi connectivity index (χ0n) is 18.2. The van der Waals surface area contributed by atoms with E-state index < -0.39 is 0 Å². The third-order valence-electron chi connectivity index (χ3n) is 5.65. The minimum Gasteiger partial charge on any atom is -0.497 e. The summed E-state index contributed by atoms with van der Waals surface area (Å²) < 4.78 is 7.20. The fourth-order valence-electron chi connectivity index (χ4n) is 4.02.